The molecule has 0 bridgehead atoms. The van der Waals surface area contributed by atoms with E-state index in [1.807, 2.05) is 34.6 Å². The van der Waals surface area contributed by atoms with E-state index in [0.717, 1.165) is 0 Å². The average molecular weight is 1290 g/mol. The number of carboxylic acids is 2. The summed E-state index contributed by atoms with van der Waals surface area (Å²) in [5.74, 6) is -11.6. The van der Waals surface area contributed by atoms with Gasteiger partial charge in [0.2, 0.25) is 41.4 Å². The van der Waals surface area contributed by atoms with Gasteiger partial charge in [-0.15, -0.1) is 0 Å². The molecule has 15 N–H and O–H groups in total. The Labute approximate surface area is 528 Å². The number of benzene rings is 2. The number of phenolic OH excluding ortho intramolecular Hbond substituents is 1. The zero-order valence-electron chi connectivity index (χ0n) is 53.0. The lowest BCUT2D eigenvalue weighted by atomic mass is 9.89. The molecular weight excluding hydrogens is 1190 g/mol. The topological polar surface area (TPSA) is 416 Å². The number of carboxylic acid groups (broad SMARTS) is 2. The molecule has 0 heterocycles. The van der Waals surface area contributed by atoms with Crippen molar-refractivity contribution < 1.29 is 72.8 Å². The third-order valence-electron chi connectivity index (χ3n) is 14.1. The van der Waals surface area contributed by atoms with Crippen LogP contribution in [0.1, 0.15) is 139 Å². The molecule has 0 radical (unpaired) electrons. The maximum absolute atomic E-state index is 14.7. The zero-order chi connectivity index (χ0) is 67.2. The highest BCUT2D eigenvalue weighted by atomic mass is 32.8. The summed E-state index contributed by atoms with van der Waals surface area (Å²) in [5, 5.41) is 61.2. The van der Waals surface area contributed by atoms with Crippen LogP contribution in [-0.2, 0) is 79.8 Å². The highest BCUT2D eigenvalue weighted by Gasteiger charge is 2.37. The number of rotatable bonds is 41. The molecule has 0 saturated carbocycles. The Morgan fingerprint density at radius 2 is 1.06 bits per heavy atom. The van der Waals surface area contributed by atoms with Gasteiger partial charge in [-0.05, 0) is 129 Å². The second-order valence-corrected chi connectivity index (χ2v) is 26.5. The largest absolute Gasteiger partial charge is 0.508 e. The van der Waals surface area contributed by atoms with Crippen LogP contribution in [0.3, 0.4) is 0 Å². The van der Waals surface area contributed by atoms with E-state index >= 15 is 0 Å². The SMILES string of the molecule is CCS(=S)c1ccccc1OC(=O)[C@H](C)NC(=O)[C@H](CCC(=O)O)NC(=O)[C@H](CC(C)C)NC(=O)[C@H](CC(C)C)NC(=O)C(Cc1ccc(O)cc1)NC(=O)[C@H](CCCNC(=N)N)NC(=O)C(CCC(=O)O)CC(=O)[C@H](CC(C)C)NC(=O)[C@@H](NC)C(C)C. The van der Waals surface area contributed by atoms with Gasteiger partial charge in [-0.1, -0.05) is 96.0 Å². The number of amides is 7. The van der Waals surface area contributed by atoms with E-state index in [1.165, 1.54) is 31.2 Å². The molecule has 2 rings (SSSR count). The highest BCUT2D eigenvalue weighted by molar-refractivity contribution is 8.28. The molecule has 3 unspecified atom stereocenters. The molecule has 10 atom stereocenters. The summed E-state index contributed by atoms with van der Waals surface area (Å²) in [6, 6.07) is 2.10. The number of aromatic hydroxyl groups is 1. The first kappa shape index (κ1) is 77.5. The van der Waals surface area contributed by atoms with Gasteiger partial charge in [0.25, 0.3) is 0 Å². The Kier molecular flexibility index (Phi) is 34.3. The molecule has 89 heavy (non-hydrogen) atoms. The van der Waals surface area contributed by atoms with Crippen molar-refractivity contribution in [3.05, 3.63) is 54.1 Å². The highest BCUT2D eigenvalue weighted by Crippen LogP contribution is 2.24. The van der Waals surface area contributed by atoms with Crippen LogP contribution in [0.15, 0.2) is 53.4 Å². The molecule has 0 aliphatic rings. The van der Waals surface area contributed by atoms with Crippen molar-refractivity contribution in [2.24, 2.45) is 35.3 Å². The number of carbonyl (C=O) groups is 11. The fraction of sp³-hybridized carbons (Fsp3) is 0.607. The number of hydrogen-bond donors (Lipinski definition) is 14. The number of para-hydroxylation sites is 1. The molecule has 0 spiro atoms. The lowest BCUT2D eigenvalue weighted by Gasteiger charge is -2.29. The van der Waals surface area contributed by atoms with Crippen molar-refractivity contribution in [2.75, 3.05) is 19.3 Å². The second-order valence-electron chi connectivity index (χ2n) is 23.6. The first-order valence-corrected chi connectivity index (χ1v) is 32.4. The molecule has 0 fully saturated rings. The van der Waals surface area contributed by atoms with Crippen LogP contribution in [0.4, 0.5) is 0 Å². The quantitative estimate of drug-likeness (QED) is 0.0149. The summed E-state index contributed by atoms with van der Waals surface area (Å²) in [5.41, 5.74) is 5.94. The number of phenols is 1. The summed E-state index contributed by atoms with van der Waals surface area (Å²) < 4.78 is 5.61. The molecule has 28 heteroatoms. The maximum atomic E-state index is 14.7. The molecule has 0 aliphatic carbocycles. The second kappa shape index (κ2) is 39.4. The zero-order valence-corrected chi connectivity index (χ0v) is 54.6. The van der Waals surface area contributed by atoms with Gasteiger partial charge in [0.05, 0.1) is 17.0 Å². The Balaban J connectivity index is 2.57. The fourth-order valence-corrected chi connectivity index (χ4v) is 10.7. The molecular formula is C61H95N11O15S2. The van der Waals surface area contributed by atoms with Crippen LogP contribution in [0.2, 0.25) is 0 Å². The summed E-state index contributed by atoms with van der Waals surface area (Å²) in [6.07, 6.45) is -2.52. The Morgan fingerprint density at radius 3 is 1.57 bits per heavy atom. The first-order chi connectivity index (χ1) is 41.8. The molecule has 26 nitrogen and oxygen atoms in total. The molecule has 0 saturated heterocycles. The number of likely N-dealkylation sites (N-methyl/N-ethyl adjacent to an activating group) is 1. The van der Waals surface area contributed by atoms with Crippen molar-refractivity contribution in [3.8, 4) is 11.5 Å². The van der Waals surface area contributed by atoms with Gasteiger partial charge in [-0.2, -0.15) is 0 Å². The molecule has 7 amide bonds. The van der Waals surface area contributed by atoms with E-state index < -0.39 is 154 Å². The first-order valence-electron chi connectivity index (χ1n) is 30.1. The summed E-state index contributed by atoms with van der Waals surface area (Å²) in [6.45, 7) is 17.7. The fourth-order valence-electron chi connectivity index (χ4n) is 9.42. The van der Waals surface area contributed by atoms with Gasteiger partial charge in [0.15, 0.2) is 11.7 Å². The van der Waals surface area contributed by atoms with Gasteiger partial charge in [-0.25, -0.2) is 4.79 Å². The number of aliphatic carboxylic acids is 2. The van der Waals surface area contributed by atoms with E-state index in [9.17, 15) is 68.1 Å². The summed E-state index contributed by atoms with van der Waals surface area (Å²) in [7, 11) is 0.935. The number of nitrogens with one attached hydrogen (secondary N) is 10. The number of esters is 1. The van der Waals surface area contributed by atoms with Crippen LogP contribution < -0.4 is 58.3 Å². The van der Waals surface area contributed by atoms with Gasteiger partial charge in [-0.3, -0.25) is 53.4 Å². The van der Waals surface area contributed by atoms with Crippen LogP contribution in [-0.4, -0.2) is 154 Å². The van der Waals surface area contributed by atoms with Crippen LogP contribution in [0, 0.1) is 35.0 Å². The van der Waals surface area contributed by atoms with Gasteiger partial charge < -0.3 is 73.6 Å². The van der Waals surface area contributed by atoms with E-state index in [2.05, 4.69) is 47.9 Å². The average Bonchev–Trinajstić information content (AvgIpc) is 3.25. The molecule has 0 aliphatic heterocycles. The normalized spacial score (nSPS) is 14.7. The van der Waals surface area contributed by atoms with Crippen molar-refractivity contribution >= 4 is 91.6 Å². The third kappa shape index (κ3) is 29.1. The summed E-state index contributed by atoms with van der Waals surface area (Å²) in [4.78, 5) is 151. The van der Waals surface area contributed by atoms with Crippen LogP contribution in [0.5, 0.6) is 11.5 Å². The van der Waals surface area contributed by atoms with Crippen molar-refractivity contribution in [2.45, 2.75) is 193 Å². The Morgan fingerprint density at radius 1 is 0.596 bits per heavy atom. The van der Waals surface area contributed by atoms with E-state index in [-0.39, 0.29) is 92.6 Å². The minimum Gasteiger partial charge on any atom is -0.508 e. The minimum absolute atomic E-state index is 0.0119. The predicted octanol–water partition coefficient (Wildman–Crippen LogP) is 2.36. The molecule has 2 aromatic rings. The van der Waals surface area contributed by atoms with Crippen LogP contribution >= 0.6 is 0 Å². The number of carbonyl (C=O) groups excluding carboxylic acids is 9. The van der Waals surface area contributed by atoms with E-state index in [1.54, 1.807) is 59.0 Å². The third-order valence-corrected chi connectivity index (χ3v) is 16.7. The number of Topliss-reactive ketones (excluding diaryl/α,β-unsaturated/α-hetero) is 1. The summed E-state index contributed by atoms with van der Waals surface area (Å²) >= 11 is 5.54. The van der Waals surface area contributed by atoms with Crippen molar-refractivity contribution in [1.29, 1.82) is 5.41 Å². The number of guanidine groups is 1. The van der Waals surface area contributed by atoms with Gasteiger partial charge in [0.1, 0.15) is 47.8 Å². The number of nitrogens with two attached hydrogens (primary N) is 1. The Bertz CT molecular complexity index is 2770. The van der Waals surface area contributed by atoms with E-state index in [4.69, 9.17) is 27.1 Å². The van der Waals surface area contributed by atoms with Crippen molar-refractivity contribution in [3.63, 3.8) is 0 Å². The minimum atomic E-state index is -1.53. The van der Waals surface area contributed by atoms with E-state index in [0.29, 0.717) is 16.2 Å². The lowest BCUT2D eigenvalue weighted by molar-refractivity contribution is -0.141. The lowest BCUT2D eigenvalue weighted by Crippen LogP contribution is -2.60. The molecule has 2 aromatic carbocycles. The van der Waals surface area contributed by atoms with Crippen molar-refractivity contribution in [1.82, 2.24) is 47.9 Å². The Hall–Kier alpha value is -7.59. The standard InChI is InChI=1S/C61H95N11O15S2/c1-12-89(88)49-18-14-13-17-48(49)87-60(86)37(10)66-54(80)42(24-26-51(77)78)68-56(82)44(29-34(4)5)70-57(83)45(30-35(6)7)71-58(84)46(31-38-19-22-40(73)23-20-38)72-55(81)41(16-15-27-65-61(62)63)67-53(79)39(21-25-50(75)76)32-47(74)43(28-33(2)3)69-59(85)52(64-11)36(8)9/h13-14,17-20,22-23,33-37,39,41-46,52,64,73H,12,15-16,21,24-32H2,1-11H3,(H,66,80)(H,67,79)(H,68,82)(H,69,85)(H,70,83)(H,71,84)(H,72,81)(H,75,76)(H,77,78)(H4,62,63,65)/t37-,39?,41-,42-,43-,44-,45-,46?,52-,89?/m0/s1. The van der Waals surface area contributed by atoms with Gasteiger partial charge in [0, 0.05) is 38.1 Å². The molecule has 0 aromatic heterocycles. The van der Waals surface area contributed by atoms with Crippen LogP contribution in [0.25, 0.3) is 0 Å². The predicted molar refractivity (Wildman–Crippen MR) is 339 cm³/mol. The molecule has 496 valence electrons. The monoisotopic (exact) mass is 1290 g/mol. The smallest absolute Gasteiger partial charge is 0.333 e. The number of ether oxygens (including phenoxy) is 1. The number of hydrogen-bond acceptors (Lipinski definition) is 16. The van der Waals surface area contributed by atoms with Gasteiger partial charge >= 0.3 is 17.9 Å². The number of ketones is 1. The maximum Gasteiger partial charge on any atom is 0.333 e.